The minimum atomic E-state index is -0.212. The molecule has 138 valence electrons. The summed E-state index contributed by atoms with van der Waals surface area (Å²) in [6.45, 7) is 2.05. The number of nitrogens with zero attached hydrogens (tertiary/aromatic N) is 3. The zero-order valence-corrected chi connectivity index (χ0v) is 15.7. The van der Waals surface area contributed by atoms with Crippen LogP contribution >= 0.6 is 11.6 Å². The molecular weight excluding hydrogens is 365 g/mol. The molecule has 0 amide bonds. The molecule has 4 nitrogen and oxygen atoms in total. The summed E-state index contributed by atoms with van der Waals surface area (Å²) in [5, 5.41) is 0.692. The minimum absolute atomic E-state index is 0.212. The molecule has 0 fully saturated rings. The van der Waals surface area contributed by atoms with Crippen LogP contribution in [0.5, 0.6) is 5.75 Å². The molecule has 2 aromatic carbocycles. The van der Waals surface area contributed by atoms with E-state index in [4.69, 9.17) is 21.3 Å². The molecule has 0 saturated carbocycles. The Morgan fingerprint density at radius 1 is 1.19 bits per heavy atom. The Bertz CT molecular complexity index is 962. The van der Waals surface area contributed by atoms with Crippen LogP contribution in [0.2, 0.25) is 5.02 Å². The van der Waals surface area contributed by atoms with Crippen molar-refractivity contribution in [1.82, 2.24) is 14.9 Å². The molecule has 1 aromatic heterocycles. The summed E-state index contributed by atoms with van der Waals surface area (Å²) in [6.07, 6.45) is 2.68. The highest BCUT2D eigenvalue weighted by atomic mass is 35.5. The quantitative estimate of drug-likeness (QED) is 0.664. The van der Waals surface area contributed by atoms with E-state index in [1.165, 1.54) is 6.07 Å². The number of ether oxygens (including phenoxy) is 1. The Kier molecular flexibility index (Phi) is 5.05. The van der Waals surface area contributed by atoms with Gasteiger partial charge in [0.05, 0.1) is 12.8 Å². The normalized spacial score (nSPS) is 14.0. The first kappa shape index (κ1) is 17.9. The van der Waals surface area contributed by atoms with E-state index in [2.05, 4.69) is 9.88 Å². The van der Waals surface area contributed by atoms with E-state index < -0.39 is 0 Å². The summed E-state index contributed by atoms with van der Waals surface area (Å²) in [7, 11) is 1.59. The second-order valence-corrected chi connectivity index (χ2v) is 7.03. The number of benzene rings is 2. The first-order valence-electron chi connectivity index (χ1n) is 8.78. The van der Waals surface area contributed by atoms with Gasteiger partial charge in [0.1, 0.15) is 11.6 Å². The Morgan fingerprint density at radius 2 is 2.00 bits per heavy atom. The van der Waals surface area contributed by atoms with Crippen LogP contribution < -0.4 is 4.74 Å². The average molecular weight is 384 g/mol. The van der Waals surface area contributed by atoms with Crippen LogP contribution in [0.25, 0.3) is 11.4 Å². The third-order valence-electron chi connectivity index (χ3n) is 4.76. The standard InChI is InChI=1S/C21H19ClFN3O/c1-27-18-6-7-19(23)15(10-18)12-26-9-8-20-16(13-26)11-24-21(25-20)14-2-4-17(22)5-3-14/h2-7,10-11H,8-9,12-13H2,1H3. The fraction of sp³-hybridized carbons (Fsp3) is 0.238. The van der Waals surface area contributed by atoms with Gasteiger partial charge >= 0.3 is 0 Å². The highest BCUT2D eigenvalue weighted by Gasteiger charge is 2.20. The minimum Gasteiger partial charge on any atom is -0.497 e. The van der Waals surface area contributed by atoms with Crippen LogP contribution in [0.3, 0.4) is 0 Å². The van der Waals surface area contributed by atoms with Gasteiger partial charge in [-0.1, -0.05) is 11.6 Å². The smallest absolute Gasteiger partial charge is 0.159 e. The number of aromatic nitrogens is 2. The van der Waals surface area contributed by atoms with Crippen molar-refractivity contribution in [3.63, 3.8) is 0 Å². The van der Waals surface area contributed by atoms with Crippen molar-refractivity contribution in [2.24, 2.45) is 0 Å². The van der Waals surface area contributed by atoms with Crippen molar-refractivity contribution in [3.05, 3.63) is 76.3 Å². The Morgan fingerprint density at radius 3 is 2.78 bits per heavy atom. The van der Waals surface area contributed by atoms with Gasteiger partial charge in [-0.15, -0.1) is 0 Å². The van der Waals surface area contributed by atoms with Crippen molar-refractivity contribution in [2.75, 3.05) is 13.7 Å². The maximum absolute atomic E-state index is 14.1. The number of rotatable bonds is 4. The SMILES string of the molecule is COc1ccc(F)c(CN2CCc3nc(-c4ccc(Cl)cc4)ncc3C2)c1. The van der Waals surface area contributed by atoms with Crippen molar-refractivity contribution in [3.8, 4) is 17.1 Å². The number of halogens is 2. The summed E-state index contributed by atoms with van der Waals surface area (Å²) in [5.74, 6) is 1.16. The first-order chi connectivity index (χ1) is 13.1. The predicted molar refractivity (Wildman–Crippen MR) is 103 cm³/mol. The van der Waals surface area contributed by atoms with Gasteiger partial charge in [-0.25, -0.2) is 14.4 Å². The molecule has 0 N–H and O–H groups in total. The number of hydrogen-bond acceptors (Lipinski definition) is 4. The number of fused-ring (bicyclic) bond motifs is 1. The third kappa shape index (κ3) is 3.94. The zero-order chi connectivity index (χ0) is 18.8. The molecule has 0 unspecified atom stereocenters. The van der Waals surface area contributed by atoms with E-state index in [1.807, 2.05) is 30.5 Å². The Labute approximate surface area is 162 Å². The lowest BCUT2D eigenvalue weighted by atomic mass is 10.1. The van der Waals surface area contributed by atoms with E-state index in [1.54, 1.807) is 19.2 Å². The van der Waals surface area contributed by atoms with Gasteiger partial charge in [0.15, 0.2) is 5.82 Å². The molecule has 0 aliphatic carbocycles. The van der Waals surface area contributed by atoms with Gasteiger partial charge in [-0.2, -0.15) is 0 Å². The van der Waals surface area contributed by atoms with E-state index >= 15 is 0 Å². The second kappa shape index (κ2) is 7.62. The van der Waals surface area contributed by atoms with Gasteiger partial charge in [0.2, 0.25) is 0 Å². The average Bonchev–Trinajstić information content (AvgIpc) is 2.70. The maximum Gasteiger partial charge on any atom is 0.159 e. The molecular formula is C21H19ClFN3O. The molecule has 0 atom stereocenters. The predicted octanol–water partition coefficient (Wildman–Crippen LogP) is 4.50. The van der Waals surface area contributed by atoms with Crippen LogP contribution in [0.1, 0.15) is 16.8 Å². The van der Waals surface area contributed by atoms with E-state index in [9.17, 15) is 4.39 Å². The van der Waals surface area contributed by atoms with Crippen LogP contribution in [0.15, 0.2) is 48.7 Å². The Hall–Kier alpha value is -2.50. The van der Waals surface area contributed by atoms with Crippen LogP contribution in [0.4, 0.5) is 4.39 Å². The third-order valence-corrected chi connectivity index (χ3v) is 5.01. The van der Waals surface area contributed by atoms with Gasteiger partial charge < -0.3 is 4.74 Å². The lowest BCUT2D eigenvalue weighted by Gasteiger charge is -2.28. The lowest BCUT2D eigenvalue weighted by Crippen LogP contribution is -2.31. The maximum atomic E-state index is 14.1. The second-order valence-electron chi connectivity index (χ2n) is 6.59. The molecule has 0 saturated heterocycles. The highest BCUT2D eigenvalue weighted by molar-refractivity contribution is 6.30. The first-order valence-corrected chi connectivity index (χ1v) is 9.15. The largest absolute Gasteiger partial charge is 0.497 e. The van der Waals surface area contributed by atoms with Crippen LogP contribution in [0, 0.1) is 5.82 Å². The van der Waals surface area contributed by atoms with Gasteiger partial charge in [0, 0.05) is 54.0 Å². The summed E-state index contributed by atoms with van der Waals surface area (Å²) < 4.78 is 19.3. The van der Waals surface area contributed by atoms with Crippen LogP contribution in [-0.2, 0) is 19.5 Å². The fourth-order valence-corrected chi connectivity index (χ4v) is 3.41. The molecule has 0 bridgehead atoms. The van der Waals surface area contributed by atoms with E-state index in [0.717, 1.165) is 29.8 Å². The summed E-state index contributed by atoms with van der Waals surface area (Å²) in [6, 6.07) is 12.4. The molecule has 3 aromatic rings. The molecule has 2 heterocycles. The summed E-state index contributed by atoms with van der Waals surface area (Å²) in [5.41, 5.74) is 3.72. The molecule has 0 radical (unpaired) electrons. The van der Waals surface area contributed by atoms with Crippen LogP contribution in [-0.4, -0.2) is 28.5 Å². The lowest BCUT2D eigenvalue weighted by molar-refractivity contribution is 0.239. The van der Waals surface area contributed by atoms with Crippen molar-refractivity contribution in [1.29, 1.82) is 0 Å². The summed E-state index contributed by atoms with van der Waals surface area (Å²) >= 11 is 5.95. The molecule has 4 rings (SSSR count). The monoisotopic (exact) mass is 383 g/mol. The van der Waals surface area contributed by atoms with Crippen molar-refractivity contribution < 1.29 is 9.13 Å². The zero-order valence-electron chi connectivity index (χ0n) is 15.0. The molecule has 1 aliphatic heterocycles. The Balaban J connectivity index is 1.51. The van der Waals surface area contributed by atoms with E-state index in [0.29, 0.717) is 35.2 Å². The van der Waals surface area contributed by atoms with Gasteiger partial charge in [0.25, 0.3) is 0 Å². The molecule has 6 heteroatoms. The molecule has 27 heavy (non-hydrogen) atoms. The topological polar surface area (TPSA) is 38.2 Å². The molecule has 0 spiro atoms. The highest BCUT2D eigenvalue weighted by Crippen LogP contribution is 2.24. The fourth-order valence-electron chi connectivity index (χ4n) is 3.29. The number of methoxy groups -OCH3 is 1. The van der Waals surface area contributed by atoms with E-state index in [-0.39, 0.29) is 5.82 Å². The summed E-state index contributed by atoms with van der Waals surface area (Å²) in [4.78, 5) is 11.4. The van der Waals surface area contributed by atoms with Gasteiger partial charge in [-0.3, -0.25) is 4.90 Å². The van der Waals surface area contributed by atoms with Gasteiger partial charge in [-0.05, 0) is 42.5 Å². The number of hydrogen-bond donors (Lipinski definition) is 0. The van der Waals surface area contributed by atoms with Crippen molar-refractivity contribution in [2.45, 2.75) is 19.5 Å². The molecule has 1 aliphatic rings. The van der Waals surface area contributed by atoms with Crippen molar-refractivity contribution >= 4 is 11.6 Å².